The van der Waals surface area contributed by atoms with Gasteiger partial charge in [0.15, 0.2) is 0 Å². The second kappa shape index (κ2) is 24.9. The molecule has 0 rings (SSSR count). The van der Waals surface area contributed by atoms with Crippen LogP contribution in [0.25, 0.3) is 0 Å². The molecule has 4 nitrogen and oxygen atoms in total. The highest BCUT2D eigenvalue weighted by atomic mass is 35.5. The SMILES string of the molecule is CCCCCCCCCCCC(=O)OC[C@@H](CCl)OC(=O)CCCCCCCCCCC. The van der Waals surface area contributed by atoms with Crippen LogP contribution in [0.4, 0.5) is 0 Å². The quantitative estimate of drug-likeness (QED) is 0.0798. The van der Waals surface area contributed by atoms with Crippen molar-refractivity contribution in [1.29, 1.82) is 0 Å². The number of ether oxygens (including phenoxy) is 2. The molecular formula is C27H51ClO4. The Morgan fingerprint density at radius 3 is 1.38 bits per heavy atom. The second-order valence-corrected chi connectivity index (χ2v) is 9.41. The third-order valence-corrected chi connectivity index (χ3v) is 6.21. The maximum atomic E-state index is 12.0. The van der Waals surface area contributed by atoms with E-state index in [-0.39, 0.29) is 24.4 Å². The van der Waals surface area contributed by atoms with Gasteiger partial charge >= 0.3 is 11.9 Å². The van der Waals surface area contributed by atoms with Gasteiger partial charge in [0, 0.05) is 12.8 Å². The fraction of sp³-hybridized carbons (Fsp3) is 0.926. The van der Waals surface area contributed by atoms with E-state index in [1.807, 2.05) is 0 Å². The highest BCUT2D eigenvalue weighted by Crippen LogP contribution is 2.13. The van der Waals surface area contributed by atoms with E-state index in [2.05, 4.69) is 13.8 Å². The molecule has 0 saturated carbocycles. The lowest BCUT2D eigenvalue weighted by molar-refractivity contribution is -0.157. The predicted molar refractivity (Wildman–Crippen MR) is 135 cm³/mol. The van der Waals surface area contributed by atoms with Gasteiger partial charge in [-0.25, -0.2) is 0 Å². The van der Waals surface area contributed by atoms with Crippen molar-refractivity contribution < 1.29 is 19.1 Å². The van der Waals surface area contributed by atoms with Crippen molar-refractivity contribution in [3.8, 4) is 0 Å². The van der Waals surface area contributed by atoms with Gasteiger partial charge in [-0.05, 0) is 12.8 Å². The van der Waals surface area contributed by atoms with Crippen LogP contribution in [0.3, 0.4) is 0 Å². The predicted octanol–water partition coefficient (Wildman–Crippen LogP) is 8.52. The molecular weight excluding hydrogens is 424 g/mol. The number of carbonyl (C=O) groups is 2. The van der Waals surface area contributed by atoms with Crippen LogP contribution in [0.2, 0.25) is 0 Å². The largest absolute Gasteiger partial charge is 0.462 e. The molecule has 0 aliphatic heterocycles. The Kier molecular flexibility index (Phi) is 24.3. The monoisotopic (exact) mass is 474 g/mol. The van der Waals surface area contributed by atoms with Crippen LogP contribution in [-0.2, 0) is 19.1 Å². The minimum absolute atomic E-state index is 0.0588. The molecule has 0 spiro atoms. The molecule has 0 aromatic rings. The van der Waals surface area contributed by atoms with E-state index < -0.39 is 6.10 Å². The molecule has 190 valence electrons. The van der Waals surface area contributed by atoms with Crippen molar-refractivity contribution in [2.45, 2.75) is 148 Å². The first-order valence-corrected chi connectivity index (χ1v) is 14.1. The van der Waals surface area contributed by atoms with Gasteiger partial charge in [0.1, 0.15) is 12.7 Å². The molecule has 0 radical (unpaired) electrons. The number of rotatable bonds is 24. The Bertz CT molecular complexity index is 428. The Labute approximate surface area is 203 Å². The van der Waals surface area contributed by atoms with Crippen LogP contribution in [0.5, 0.6) is 0 Å². The van der Waals surface area contributed by atoms with Gasteiger partial charge in [0.2, 0.25) is 0 Å². The zero-order valence-corrected chi connectivity index (χ0v) is 21.9. The topological polar surface area (TPSA) is 52.6 Å². The zero-order chi connectivity index (χ0) is 23.7. The van der Waals surface area contributed by atoms with Crippen molar-refractivity contribution in [2.75, 3.05) is 12.5 Å². The molecule has 0 aromatic carbocycles. The summed E-state index contributed by atoms with van der Waals surface area (Å²) in [5.74, 6) is -0.318. The lowest BCUT2D eigenvalue weighted by atomic mass is 10.1. The van der Waals surface area contributed by atoms with Crippen molar-refractivity contribution in [3.63, 3.8) is 0 Å². The van der Waals surface area contributed by atoms with Crippen LogP contribution in [0.15, 0.2) is 0 Å². The van der Waals surface area contributed by atoms with E-state index in [9.17, 15) is 9.59 Å². The Morgan fingerprint density at radius 2 is 0.969 bits per heavy atom. The van der Waals surface area contributed by atoms with Gasteiger partial charge in [0.25, 0.3) is 0 Å². The maximum Gasteiger partial charge on any atom is 0.306 e. The number of carbonyl (C=O) groups excluding carboxylic acids is 2. The summed E-state index contributed by atoms with van der Waals surface area (Å²) in [6, 6.07) is 0. The average Bonchev–Trinajstić information content (AvgIpc) is 2.79. The van der Waals surface area contributed by atoms with Gasteiger partial charge in [-0.15, -0.1) is 11.6 Å². The fourth-order valence-corrected chi connectivity index (χ4v) is 3.93. The Hall–Kier alpha value is -0.770. The van der Waals surface area contributed by atoms with E-state index in [0.29, 0.717) is 12.8 Å². The maximum absolute atomic E-state index is 12.0. The van der Waals surface area contributed by atoms with Gasteiger partial charge in [-0.3, -0.25) is 9.59 Å². The van der Waals surface area contributed by atoms with E-state index >= 15 is 0 Å². The molecule has 5 heteroatoms. The van der Waals surface area contributed by atoms with Gasteiger partial charge < -0.3 is 9.47 Å². The number of alkyl halides is 1. The minimum Gasteiger partial charge on any atom is -0.462 e. The number of esters is 2. The number of hydrogen-bond acceptors (Lipinski definition) is 4. The van der Waals surface area contributed by atoms with Gasteiger partial charge in [-0.1, -0.05) is 117 Å². The smallest absolute Gasteiger partial charge is 0.306 e. The van der Waals surface area contributed by atoms with Crippen molar-refractivity contribution in [2.24, 2.45) is 0 Å². The van der Waals surface area contributed by atoms with E-state index in [4.69, 9.17) is 21.1 Å². The summed E-state index contributed by atoms with van der Waals surface area (Å²) in [4.78, 5) is 23.9. The summed E-state index contributed by atoms with van der Waals surface area (Å²) < 4.78 is 10.6. The summed E-state index contributed by atoms with van der Waals surface area (Å²) in [7, 11) is 0. The van der Waals surface area contributed by atoms with Gasteiger partial charge in [-0.2, -0.15) is 0 Å². The molecule has 0 aromatic heterocycles. The number of halogens is 1. The highest BCUT2D eigenvalue weighted by molar-refractivity contribution is 6.18. The molecule has 0 unspecified atom stereocenters. The summed E-state index contributed by atoms with van der Waals surface area (Å²) >= 11 is 5.89. The molecule has 0 fully saturated rings. The lowest BCUT2D eigenvalue weighted by Gasteiger charge is -2.15. The molecule has 0 heterocycles. The van der Waals surface area contributed by atoms with Crippen molar-refractivity contribution in [3.05, 3.63) is 0 Å². The summed E-state index contributed by atoms with van der Waals surface area (Å²) in [5.41, 5.74) is 0. The van der Waals surface area contributed by atoms with E-state index in [1.165, 1.54) is 89.9 Å². The van der Waals surface area contributed by atoms with Crippen molar-refractivity contribution >= 4 is 23.5 Å². The molecule has 0 saturated heterocycles. The van der Waals surface area contributed by atoms with Crippen LogP contribution in [0.1, 0.15) is 142 Å². The summed E-state index contributed by atoms with van der Waals surface area (Å²) in [6.45, 7) is 4.52. The standard InChI is InChI=1S/C27H51ClO4/c1-3-5-7-9-11-13-15-17-19-21-26(29)31-24-25(23-28)32-27(30)22-20-18-16-14-12-10-8-6-4-2/h25H,3-24H2,1-2H3/t25-/m1/s1. The summed E-state index contributed by atoms with van der Waals surface area (Å²) in [6.07, 6.45) is 22.1. The second-order valence-electron chi connectivity index (χ2n) is 9.11. The number of hydrogen-bond donors (Lipinski definition) is 0. The Morgan fingerprint density at radius 1 is 0.594 bits per heavy atom. The highest BCUT2D eigenvalue weighted by Gasteiger charge is 2.16. The fourth-order valence-electron chi connectivity index (χ4n) is 3.77. The molecule has 0 aliphatic carbocycles. The van der Waals surface area contributed by atoms with Crippen LogP contribution in [-0.4, -0.2) is 30.5 Å². The molecule has 1 atom stereocenters. The average molecular weight is 475 g/mol. The molecule has 0 bridgehead atoms. The first kappa shape index (κ1) is 31.2. The molecule has 0 aliphatic rings. The third kappa shape index (κ3) is 22.4. The van der Waals surface area contributed by atoms with Crippen LogP contribution in [0, 0.1) is 0 Å². The first-order valence-electron chi connectivity index (χ1n) is 13.5. The molecule has 0 N–H and O–H groups in total. The minimum atomic E-state index is -0.546. The first-order chi connectivity index (χ1) is 15.6. The van der Waals surface area contributed by atoms with E-state index in [1.54, 1.807) is 0 Å². The normalized spacial score (nSPS) is 12.0. The number of unbranched alkanes of at least 4 members (excludes halogenated alkanes) is 16. The van der Waals surface area contributed by atoms with Crippen molar-refractivity contribution in [1.82, 2.24) is 0 Å². The zero-order valence-electron chi connectivity index (χ0n) is 21.1. The van der Waals surface area contributed by atoms with E-state index in [0.717, 1.165) is 25.7 Å². The van der Waals surface area contributed by atoms with Crippen LogP contribution >= 0.6 is 11.6 Å². The van der Waals surface area contributed by atoms with Crippen LogP contribution < -0.4 is 0 Å². The third-order valence-electron chi connectivity index (χ3n) is 5.87. The lowest BCUT2D eigenvalue weighted by Crippen LogP contribution is -2.26. The molecule has 0 amide bonds. The summed E-state index contributed by atoms with van der Waals surface area (Å²) in [5, 5.41) is 0. The Balaban J connectivity index is 3.61. The van der Waals surface area contributed by atoms with Gasteiger partial charge in [0.05, 0.1) is 5.88 Å². The molecule has 32 heavy (non-hydrogen) atoms.